The van der Waals surface area contributed by atoms with Gasteiger partial charge in [-0.1, -0.05) is 17.8 Å². The van der Waals surface area contributed by atoms with Crippen molar-refractivity contribution in [1.82, 2.24) is 9.88 Å². The highest BCUT2D eigenvalue weighted by molar-refractivity contribution is 7.07. The van der Waals surface area contributed by atoms with Gasteiger partial charge in [0.25, 0.3) is 0 Å². The molecular formula is C13H20N2O3S. The lowest BCUT2D eigenvalue weighted by atomic mass is 9.97. The molecule has 1 heterocycles. The number of carbonyl (C=O) groups is 1. The second kappa shape index (κ2) is 6.34. The predicted molar refractivity (Wildman–Crippen MR) is 74.2 cm³/mol. The summed E-state index contributed by atoms with van der Waals surface area (Å²) >= 11 is 1.11. The Kier molecular flexibility index (Phi) is 4.76. The minimum absolute atomic E-state index is 0.0880. The molecule has 0 radical (unpaired) electrons. The number of aliphatic hydroxyl groups is 1. The van der Waals surface area contributed by atoms with E-state index >= 15 is 0 Å². The van der Waals surface area contributed by atoms with Crippen molar-refractivity contribution in [1.29, 1.82) is 0 Å². The maximum atomic E-state index is 11.8. The van der Waals surface area contributed by atoms with Crippen molar-refractivity contribution in [3.63, 3.8) is 0 Å². The topological polar surface area (TPSA) is 71.3 Å². The van der Waals surface area contributed by atoms with Crippen LogP contribution in [0.4, 0.5) is 0 Å². The quantitative estimate of drug-likeness (QED) is 0.838. The minimum Gasteiger partial charge on any atom is -0.396 e. The van der Waals surface area contributed by atoms with Gasteiger partial charge in [0, 0.05) is 24.2 Å². The van der Waals surface area contributed by atoms with Crippen LogP contribution in [0.3, 0.4) is 0 Å². The van der Waals surface area contributed by atoms with E-state index < -0.39 is 0 Å². The number of rotatable bonds is 5. The smallest absolute Gasteiger partial charge is 0.307 e. The average molecular weight is 284 g/mol. The van der Waals surface area contributed by atoms with Gasteiger partial charge in [0.2, 0.25) is 5.91 Å². The SMILES string of the molecule is Cc1csc(=O)n1CC(=O)NCC1CCCC1CO. The summed E-state index contributed by atoms with van der Waals surface area (Å²) in [5.41, 5.74) is 0.819. The summed E-state index contributed by atoms with van der Waals surface area (Å²) in [6, 6.07) is 0. The van der Waals surface area contributed by atoms with Crippen LogP contribution in [0, 0.1) is 18.8 Å². The zero-order chi connectivity index (χ0) is 13.8. The Morgan fingerprint density at radius 3 is 2.89 bits per heavy atom. The van der Waals surface area contributed by atoms with Crippen LogP contribution in [0.2, 0.25) is 0 Å². The molecule has 0 saturated heterocycles. The number of aromatic nitrogens is 1. The highest BCUT2D eigenvalue weighted by atomic mass is 32.1. The summed E-state index contributed by atoms with van der Waals surface area (Å²) in [6.45, 7) is 2.71. The average Bonchev–Trinajstić information content (AvgIpc) is 2.97. The van der Waals surface area contributed by atoms with Gasteiger partial charge >= 0.3 is 4.87 Å². The van der Waals surface area contributed by atoms with Crippen LogP contribution in [-0.4, -0.2) is 28.7 Å². The van der Waals surface area contributed by atoms with Gasteiger partial charge in [-0.05, 0) is 31.6 Å². The minimum atomic E-state index is -0.132. The summed E-state index contributed by atoms with van der Waals surface area (Å²) in [4.78, 5) is 23.2. The van der Waals surface area contributed by atoms with E-state index in [9.17, 15) is 14.7 Å². The fraction of sp³-hybridized carbons (Fsp3) is 0.692. The van der Waals surface area contributed by atoms with Gasteiger partial charge in [-0.3, -0.25) is 14.2 Å². The molecule has 1 aromatic rings. The van der Waals surface area contributed by atoms with Crippen molar-refractivity contribution >= 4 is 17.2 Å². The van der Waals surface area contributed by atoms with Crippen molar-refractivity contribution in [2.24, 2.45) is 11.8 Å². The normalized spacial score (nSPS) is 22.6. The van der Waals surface area contributed by atoms with Gasteiger partial charge < -0.3 is 10.4 Å². The first-order valence-electron chi connectivity index (χ1n) is 6.64. The van der Waals surface area contributed by atoms with Crippen molar-refractivity contribution in [3.8, 4) is 0 Å². The van der Waals surface area contributed by atoms with Crippen molar-refractivity contribution in [2.75, 3.05) is 13.2 Å². The van der Waals surface area contributed by atoms with Crippen molar-refractivity contribution in [2.45, 2.75) is 32.7 Å². The van der Waals surface area contributed by atoms with Gasteiger partial charge in [-0.2, -0.15) is 0 Å². The Balaban J connectivity index is 1.84. The second-order valence-corrected chi connectivity index (χ2v) is 5.99. The summed E-state index contributed by atoms with van der Waals surface area (Å²) in [7, 11) is 0. The Bertz CT molecular complexity index is 494. The highest BCUT2D eigenvalue weighted by Gasteiger charge is 2.26. The third-order valence-electron chi connectivity index (χ3n) is 3.89. The molecule has 2 atom stereocenters. The van der Waals surface area contributed by atoms with Crippen LogP contribution in [0.25, 0.3) is 0 Å². The molecule has 0 aliphatic heterocycles. The first-order chi connectivity index (χ1) is 9.11. The number of amides is 1. The van der Waals surface area contributed by atoms with Crippen LogP contribution in [-0.2, 0) is 11.3 Å². The molecule has 2 rings (SSSR count). The number of aryl methyl sites for hydroxylation is 1. The van der Waals surface area contributed by atoms with E-state index in [-0.39, 0.29) is 23.9 Å². The zero-order valence-corrected chi connectivity index (χ0v) is 11.9. The van der Waals surface area contributed by atoms with E-state index in [1.807, 2.05) is 6.92 Å². The second-order valence-electron chi connectivity index (χ2n) is 5.17. The van der Waals surface area contributed by atoms with Gasteiger partial charge in [0.15, 0.2) is 0 Å². The highest BCUT2D eigenvalue weighted by Crippen LogP contribution is 2.30. The summed E-state index contributed by atoms with van der Waals surface area (Å²) in [5.74, 6) is 0.548. The lowest BCUT2D eigenvalue weighted by Crippen LogP contribution is -2.35. The molecule has 5 nitrogen and oxygen atoms in total. The summed E-state index contributed by atoms with van der Waals surface area (Å²) < 4.78 is 1.48. The molecule has 19 heavy (non-hydrogen) atoms. The van der Waals surface area contributed by atoms with Crippen LogP contribution in [0.15, 0.2) is 10.2 Å². The van der Waals surface area contributed by atoms with Crippen LogP contribution in [0.5, 0.6) is 0 Å². The molecule has 1 aromatic heterocycles. The number of nitrogens with zero attached hydrogens (tertiary/aromatic N) is 1. The van der Waals surface area contributed by atoms with E-state index in [4.69, 9.17) is 0 Å². The molecule has 0 aromatic carbocycles. The molecule has 106 valence electrons. The summed E-state index contributed by atoms with van der Waals surface area (Å²) in [6.07, 6.45) is 3.22. The van der Waals surface area contributed by atoms with E-state index in [1.54, 1.807) is 5.38 Å². The van der Waals surface area contributed by atoms with E-state index in [0.29, 0.717) is 18.4 Å². The Hall–Kier alpha value is -1.14. The summed E-state index contributed by atoms with van der Waals surface area (Å²) in [5, 5.41) is 13.9. The molecule has 6 heteroatoms. The molecule has 1 saturated carbocycles. The number of carbonyl (C=O) groups excluding carboxylic acids is 1. The van der Waals surface area contributed by atoms with Gasteiger partial charge in [-0.25, -0.2) is 0 Å². The van der Waals surface area contributed by atoms with E-state index in [1.165, 1.54) is 4.57 Å². The fourth-order valence-corrected chi connectivity index (χ4v) is 3.40. The molecule has 1 aliphatic carbocycles. The van der Waals surface area contributed by atoms with Gasteiger partial charge in [-0.15, -0.1) is 0 Å². The largest absolute Gasteiger partial charge is 0.396 e. The van der Waals surface area contributed by atoms with Gasteiger partial charge in [0.1, 0.15) is 6.54 Å². The van der Waals surface area contributed by atoms with E-state index in [0.717, 1.165) is 36.3 Å². The Morgan fingerprint density at radius 2 is 2.26 bits per heavy atom. The van der Waals surface area contributed by atoms with Crippen LogP contribution < -0.4 is 10.2 Å². The number of thiazole rings is 1. The standard InChI is InChI=1S/C13H20N2O3S/c1-9-8-19-13(18)15(9)6-12(17)14-5-10-3-2-4-11(10)7-16/h8,10-11,16H,2-7H2,1H3,(H,14,17). The zero-order valence-electron chi connectivity index (χ0n) is 11.1. The van der Waals surface area contributed by atoms with Crippen LogP contribution >= 0.6 is 11.3 Å². The molecule has 0 spiro atoms. The lowest BCUT2D eigenvalue weighted by molar-refractivity contribution is -0.122. The first kappa shape index (κ1) is 14.3. The number of hydrogen-bond donors (Lipinski definition) is 2. The predicted octanol–water partition coefficient (Wildman–Crippen LogP) is 0.743. The van der Waals surface area contributed by atoms with Crippen molar-refractivity contribution < 1.29 is 9.90 Å². The maximum absolute atomic E-state index is 11.8. The van der Waals surface area contributed by atoms with Crippen LogP contribution in [0.1, 0.15) is 25.0 Å². The molecule has 1 amide bonds. The molecule has 2 N–H and O–H groups in total. The number of hydrogen-bond acceptors (Lipinski definition) is 4. The monoisotopic (exact) mass is 284 g/mol. The van der Waals surface area contributed by atoms with Gasteiger partial charge in [0.05, 0.1) is 0 Å². The lowest BCUT2D eigenvalue weighted by Gasteiger charge is -2.17. The third-order valence-corrected chi connectivity index (χ3v) is 4.77. The molecule has 0 bridgehead atoms. The molecule has 1 aliphatic rings. The Morgan fingerprint density at radius 1 is 1.53 bits per heavy atom. The first-order valence-corrected chi connectivity index (χ1v) is 7.52. The number of nitrogens with one attached hydrogen (secondary N) is 1. The van der Waals surface area contributed by atoms with Crippen molar-refractivity contribution in [3.05, 3.63) is 20.7 Å². The molecule has 2 unspecified atom stereocenters. The van der Waals surface area contributed by atoms with E-state index in [2.05, 4.69) is 5.32 Å². The fourth-order valence-electron chi connectivity index (χ4n) is 2.66. The molecular weight excluding hydrogens is 264 g/mol. The molecule has 1 fully saturated rings. The Labute approximate surface area is 116 Å². The third kappa shape index (κ3) is 3.45. The maximum Gasteiger partial charge on any atom is 0.307 e. The number of aliphatic hydroxyl groups excluding tert-OH is 1.